The lowest BCUT2D eigenvalue weighted by Crippen LogP contribution is -2.44. The number of benzene rings is 2. The van der Waals surface area contributed by atoms with Crippen LogP contribution < -0.4 is 16.6 Å². The van der Waals surface area contributed by atoms with E-state index in [0.717, 1.165) is 11.0 Å². The fourth-order valence-corrected chi connectivity index (χ4v) is 4.27. The van der Waals surface area contributed by atoms with Crippen molar-refractivity contribution >= 4 is 23.6 Å². The number of nitrogens with two attached hydrogens (primary N) is 1. The number of likely N-dealkylation sites (N-methyl/N-ethyl adjacent to an activating group) is 1. The van der Waals surface area contributed by atoms with Crippen LogP contribution in [-0.4, -0.2) is 33.7 Å². The minimum atomic E-state index is -5.14. The summed E-state index contributed by atoms with van der Waals surface area (Å²) in [5, 5.41) is 2.33. The van der Waals surface area contributed by atoms with Crippen LogP contribution in [0.15, 0.2) is 53.3 Å². The second-order valence-electron chi connectivity index (χ2n) is 8.27. The molecule has 2 aromatic carbocycles. The van der Waals surface area contributed by atoms with E-state index in [0.29, 0.717) is 12.1 Å². The van der Waals surface area contributed by atoms with Gasteiger partial charge >= 0.3 is 12.4 Å². The predicted octanol–water partition coefficient (Wildman–Crippen LogP) is 3.94. The third-order valence-corrected chi connectivity index (χ3v) is 5.82. The summed E-state index contributed by atoms with van der Waals surface area (Å²) in [6.45, 7) is 0. The fraction of sp³-hybridized carbons (Fsp3) is 0.217. The summed E-state index contributed by atoms with van der Waals surface area (Å²) in [6.07, 6.45) is -10.3. The normalized spacial score (nSPS) is 17.9. The number of carbonyl (C=O) groups excluding carboxylic acids is 2. The molecule has 0 aliphatic carbocycles. The molecule has 194 valence electrons. The van der Waals surface area contributed by atoms with E-state index < -0.39 is 58.4 Å². The largest absolute Gasteiger partial charge is 0.416 e. The zero-order chi connectivity index (χ0) is 27.3. The highest BCUT2D eigenvalue weighted by atomic mass is 19.4. The molecule has 2 amide bonds. The maximum atomic E-state index is 13.6. The van der Waals surface area contributed by atoms with Crippen LogP contribution in [0.1, 0.15) is 44.6 Å². The Morgan fingerprint density at radius 3 is 2.16 bits per heavy atom. The molecular formula is C23H17F6N5O3. The van der Waals surface area contributed by atoms with E-state index in [4.69, 9.17) is 5.73 Å². The number of halogens is 6. The molecule has 0 spiro atoms. The van der Waals surface area contributed by atoms with Crippen molar-refractivity contribution in [2.75, 3.05) is 18.1 Å². The third-order valence-electron chi connectivity index (χ3n) is 5.82. The van der Waals surface area contributed by atoms with Crippen molar-refractivity contribution in [1.29, 1.82) is 0 Å². The summed E-state index contributed by atoms with van der Waals surface area (Å²) in [5.41, 5.74) is 1.10. The van der Waals surface area contributed by atoms with E-state index in [-0.39, 0.29) is 29.0 Å². The summed E-state index contributed by atoms with van der Waals surface area (Å²) in [6, 6.07) is 5.92. The van der Waals surface area contributed by atoms with Crippen LogP contribution in [-0.2, 0) is 17.1 Å². The minimum Gasteiger partial charge on any atom is -0.369 e. The van der Waals surface area contributed by atoms with E-state index in [1.807, 2.05) is 0 Å². The van der Waals surface area contributed by atoms with Crippen molar-refractivity contribution in [3.05, 3.63) is 86.7 Å². The van der Waals surface area contributed by atoms with Crippen LogP contribution in [0.5, 0.6) is 0 Å². The molecule has 1 aliphatic rings. The molecule has 2 heterocycles. The predicted molar refractivity (Wildman–Crippen MR) is 118 cm³/mol. The summed E-state index contributed by atoms with van der Waals surface area (Å²) in [5.74, 6) is -3.79. The first-order chi connectivity index (χ1) is 17.2. The Kier molecular flexibility index (Phi) is 6.22. The maximum Gasteiger partial charge on any atom is 0.416 e. The van der Waals surface area contributed by atoms with Crippen molar-refractivity contribution in [3.63, 3.8) is 0 Å². The Bertz CT molecular complexity index is 1420. The maximum absolute atomic E-state index is 13.6. The fourth-order valence-electron chi connectivity index (χ4n) is 4.27. The Labute approximate surface area is 204 Å². The highest BCUT2D eigenvalue weighted by Gasteiger charge is 2.45. The van der Waals surface area contributed by atoms with Crippen LogP contribution in [0.3, 0.4) is 0 Å². The van der Waals surface area contributed by atoms with Crippen LogP contribution in [0, 0.1) is 0 Å². The molecule has 0 radical (unpaired) electrons. The van der Waals surface area contributed by atoms with Crippen molar-refractivity contribution in [1.82, 2.24) is 14.9 Å². The second-order valence-corrected chi connectivity index (χ2v) is 8.27. The third kappa shape index (κ3) is 4.99. The standard InChI is InChI=1S/C23H17F6N5O3/c1-34-18(10-6-11(22(24,25)26)8-12(7-10)23(27,28)29)17(13-4-2-3-5-14(13)20(34)37)19(36)31-15-9-16(35)33-21(30)32-15/h2-9,17-18H,1H3,(H4,30,31,32,33,35,36). The molecule has 14 heteroatoms. The molecule has 1 aliphatic heterocycles. The molecule has 4 rings (SSSR count). The lowest BCUT2D eigenvalue weighted by Gasteiger charge is -2.40. The molecule has 2 unspecified atom stereocenters. The van der Waals surface area contributed by atoms with E-state index in [2.05, 4.69) is 15.3 Å². The number of amides is 2. The lowest BCUT2D eigenvalue weighted by atomic mass is 9.78. The Balaban J connectivity index is 1.92. The van der Waals surface area contributed by atoms with Gasteiger partial charge < -0.3 is 16.0 Å². The number of alkyl halides is 6. The van der Waals surface area contributed by atoms with Crippen molar-refractivity contribution < 1.29 is 35.9 Å². The highest BCUT2D eigenvalue weighted by molar-refractivity contribution is 6.04. The van der Waals surface area contributed by atoms with Gasteiger partial charge in [0, 0.05) is 18.7 Å². The molecule has 1 aromatic heterocycles. The summed E-state index contributed by atoms with van der Waals surface area (Å²) in [7, 11) is 1.17. The van der Waals surface area contributed by atoms with Crippen molar-refractivity contribution in [3.8, 4) is 0 Å². The molecule has 0 bridgehead atoms. The quantitative estimate of drug-likeness (QED) is 0.448. The molecule has 0 fully saturated rings. The first kappa shape index (κ1) is 25.7. The Morgan fingerprint density at radius 2 is 1.59 bits per heavy atom. The number of carbonyl (C=O) groups is 2. The van der Waals surface area contributed by atoms with Gasteiger partial charge in [0.2, 0.25) is 11.9 Å². The molecular weight excluding hydrogens is 508 g/mol. The van der Waals surface area contributed by atoms with Gasteiger partial charge in [0.05, 0.1) is 23.1 Å². The number of rotatable bonds is 3. The smallest absolute Gasteiger partial charge is 0.369 e. The van der Waals surface area contributed by atoms with Crippen molar-refractivity contribution in [2.24, 2.45) is 0 Å². The van der Waals surface area contributed by atoms with Crippen LogP contribution in [0.4, 0.5) is 38.1 Å². The van der Waals surface area contributed by atoms with E-state index in [1.54, 1.807) is 0 Å². The van der Waals surface area contributed by atoms with Gasteiger partial charge in [0.1, 0.15) is 5.82 Å². The van der Waals surface area contributed by atoms with Gasteiger partial charge in [-0.1, -0.05) is 18.2 Å². The molecule has 0 saturated heterocycles. The summed E-state index contributed by atoms with van der Waals surface area (Å²) >= 11 is 0. The van der Waals surface area contributed by atoms with Gasteiger partial charge in [-0.05, 0) is 35.4 Å². The van der Waals surface area contributed by atoms with E-state index >= 15 is 0 Å². The SMILES string of the molecule is CN1C(=O)c2ccccc2C(C(=O)Nc2cc(=O)[nH]c(N)n2)C1c1cc(C(F)(F)F)cc(C(F)(F)F)c1. The average molecular weight is 525 g/mol. The van der Waals surface area contributed by atoms with Gasteiger partial charge in [0.15, 0.2) is 0 Å². The number of nitrogen functional groups attached to an aromatic ring is 1. The zero-order valence-corrected chi connectivity index (χ0v) is 18.7. The molecule has 4 N–H and O–H groups in total. The van der Waals surface area contributed by atoms with Gasteiger partial charge in [0.25, 0.3) is 11.5 Å². The van der Waals surface area contributed by atoms with Gasteiger partial charge in [-0.15, -0.1) is 0 Å². The highest BCUT2D eigenvalue weighted by Crippen LogP contribution is 2.45. The first-order valence-corrected chi connectivity index (χ1v) is 10.5. The number of nitrogens with zero attached hydrogens (tertiary/aromatic N) is 2. The molecule has 3 aromatic rings. The van der Waals surface area contributed by atoms with Gasteiger partial charge in [-0.25, -0.2) is 0 Å². The first-order valence-electron chi connectivity index (χ1n) is 10.5. The topological polar surface area (TPSA) is 121 Å². The van der Waals surface area contributed by atoms with Gasteiger partial charge in [-0.2, -0.15) is 31.3 Å². The number of hydrogen-bond acceptors (Lipinski definition) is 5. The van der Waals surface area contributed by atoms with Crippen LogP contribution >= 0.6 is 0 Å². The van der Waals surface area contributed by atoms with E-state index in [9.17, 15) is 40.7 Å². The zero-order valence-electron chi connectivity index (χ0n) is 18.7. The van der Waals surface area contributed by atoms with Crippen molar-refractivity contribution in [2.45, 2.75) is 24.3 Å². The van der Waals surface area contributed by atoms with Crippen LogP contribution in [0.25, 0.3) is 0 Å². The molecule has 0 saturated carbocycles. The number of aromatic amines is 1. The molecule has 8 nitrogen and oxygen atoms in total. The number of H-pyrrole nitrogens is 1. The summed E-state index contributed by atoms with van der Waals surface area (Å²) in [4.78, 5) is 45.1. The number of fused-ring (bicyclic) bond motifs is 1. The Morgan fingerprint density at radius 1 is 1.00 bits per heavy atom. The number of hydrogen-bond donors (Lipinski definition) is 3. The monoisotopic (exact) mass is 525 g/mol. The van der Waals surface area contributed by atoms with Gasteiger partial charge in [-0.3, -0.25) is 19.4 Å². The average Bonchev–Trinajstić information content (AvgIpc) is 2.79. The molecule has 37 heavy (non-hydrogen) atoms. The number of aromatic nitrogens is 2. The summed E-state index contributed by atoms with van der Waals surface area (Å²) < 4.78 is 81.3. The van der Waals surface area contributed by atoms with E-state index in [1.165, 1.54) is 31.3 Å². The molecule has 2 atom stereocenters. The number of anilines is 2. The number of nitrogens with one attached hydrogen (secondary N) is 2. The lowest BCUT2D eigenvalue weighted by molar-refractivity contribution is -0.143. The second kappa shape index (κ2) is 8.94. The Hall–Kier alpha value is -4.36. The minimum absolute atomic E-state index is 0.0304. The van der Waals surface area contributed by atoms with Crippen LogP contribution in [0.2, 0.25) is 0 Å².